The summed E-state index contributed by atoms with van der Waals surface area (Å²) in [6.45, 7) is 9.48. The molecule has 102 valence electrons. The SMILES string of the molecule is CCCCN(CCO)CCCC(C)(C)C(N)=S. The molecular formula is C13H28N2OS. The van der Waals surface area contributed by atoms with Crippen LogP contribution in [0.4, 0.5) is 0 Å². The van der Waals surface area contributed by atoms with E-state index in [4.69, 9.17) is 23.1 Å². The zero-order chi connectivity index (χ0) is 13.3. The zero-order valence-corrected chi connectivity index (χ0v) is 12.4. The molecule has 0 fully saturated rings. The Morgan fingerprint density at radius 1 is 1.24 bits per heavy atom. The summed E-state index contributed by atoms with van der Waals surface area (Å²) < 4.78 is 0. The van der Waals surface area contributed by atoms with Gasteiger partial charge >= 0.3 is 0 Å². The molecule has 0 aromatic rings. The second-order valence-electron chi connectivity index (χ2n) is 5.27. The van der Waals surface area contributed by atoms with Crippen molar-refractivity contribution in [3.8, 4) is 0 Å². The van der Waals surface area contributed by atoms with Crippen molar-refractivity contribution in [1.29, 1.82) is 0 Å². The first-order valence-corrected chi connectivity index (χ1v) is 6.98. The van der Waals surface area contributed by atoms with Gasteiger partial charge in [0.15, 0.2) is 0 Å². The number of nitrogens with two attached hydrogens (primary N) is 1. The van der Waals surface area contributed by atoms with Crippen LogP contribution in [0.25, 0.3) is 0 Å². The molecule has 0 radical (unpaired) electrons. The lowest BCUT2D eigenvalue weighted by atomic mass is 9.88. The molecular weight excluding hydrogens is 232 g/mol. The third-order valence-corrected chi connectivity index (χ3v) is 3.74. The fourth-order valence-electron chi connectivity index (χ4n) is 1.73. The average molecular weight is 260 g/mol. The third-order valence-electron chi connectivity index (χ3n) is 3.19. The number of unbranched alkanes of at least 4 members (excludes halogenated alkanes) is 1. The molecule has 4 heteroatoms. The van der Waals surface area contributed by atoms with Crippen LogP contribution >= 0.6 is 12.2 Å². The molecule has 0 unspecified atom stereocenters. The van der Waals surface area contributed by atoms with E-state index in [0.29, 0.717) is 4.99 Å². The van der Waals surface area contributed by atoms with E-state index in [1.165, 1.54) is 12.8 Å². The van der Waals surface area contributed by atoms with Crippen molar-refractivity contribution in [3.63, 3.8) is 0 Å². The van der Waals surface area contributed by atoms with Crippen LogP contribution in [0.15, 0.2) is 0 Å². The van der Waals surface area contributed by atoms with Gasteiger partial charge in [-0.05, 0) is 32.4 Å². The highest BCUT2D eigenvalue weighted by Gasteiger charge is 2.20. The van der Waals surface area contributed by atoms with E-state index >= 15 is 0 Å². The van der Waals surface area contributed by atoms with Crippen molar-refractivity contribution < 1.29 is 5.11 Å². The molecule has 3 nitrogen and oxygen atoms in total. The van der Waals surface area contributed by atoms with Gasteiger partial charge in [0.05, 0.1) is 11.6 Å². The number of thiocarbonyl (C=S) groups is 1. The summed E-state index contributed by atoms with van der Waals surface area (Å²) in [5, 5.41) is 9.00. The fraction of sp³-hybridized carbons (Fsp3) is 0.923. The molecule has 0 aromatic carbocycles. The normalized spacial score (nSPS) is 12.1. The minimum Gasteiger partial charge on any atom is -0.395 e. The van der Waals surface area contributed by atoms with Crippen LogP contribution in [-0.4, -0.2) is 41.2 Å². The highest BCUT2D eigenvalue weighted by Crippen LogP contribution is 2.22. The molecule has 0 aliphatic rings. The lowest BCUT2D eigenvalue weighted by Crippen LogP contribution is -2.33. The molecule has 0 amide bonds. The van der Waals surface area contributed by atoms with Crippen LogP contribution in [0.3, 0.4) is 0 Å². The maximum Gasteiger partial charge on any atom is 0.0784 e. The first-order chi connectivity index (χ1) is 7.94. The number of rotatable bonds is 10. The van der Waals surface area contributed by atoms with Crippen LogP contribution < -0.4 is 5.73 Å². The van der Waals surface area contributed by atoms with E-state index in [1.54, 1.807) is 0 Å². The lowest BCUT2D eigenvalue weighted by Gasteiger charge is -2.26. The molecule has 0 aromatic heterocycles. The van der Waals surface area contributed by atoms with Gasteiger partial charge in [-0.25, -0.2) is 0 Å². The van der Waals surface area contributed by atoms with Gasteiger partial charge in [0.1, 0.15) is 0 Å². The minimum atomic E-state index is -0.0506. The second kappa shape index (κ2) is 8.84. The zero-order valence-electron chi connectivity index (χ0n) is 11.5. The van der Waals surface area contributed by atoms with Crippen molar-refractivity contribution in [2.45, 2.75) is 46.5 Å². The Morgan fingerprint density at radius 3 is 2.29 bits per heavy atom. The number of aliphatic hydroxyl groups excluding tert-OH is 1. The maximum absolute atomic E-state index is 9.00. The van der Waals surface area contributed by atoms with Crippen molar-refractivity contribution >= 4 is 17.2 Å². The minimum absolute atomic E-state index is 0.0506. The second-order valence-corrected chi connectivity index (χ2v) is 5.71. The van der Waals surface area contributed by atoms with Gasteiger partial charge < -0.3 is 15.7 Å². The molecule has 0 saturated carbocycles. The predicted molar refractivity (Wildman–Crippen MR) is 78.2 cm³/mol. The van der Waals surface area contributed by atoms with Crippen LogP contribution in [-0.2, 0) is 0 Å². The summed E-state index contributed by atoms with van der Waals surface area (Å²) in [5.74, 6) is 0. The Balaban J connectivity index is 3.92. The van der Waals surface area contributed by atoms with Crippen LogP contribution in [0, 0.1) is 5.41 Å². The Labute approximate surface area is 111 Å². The quantitative estimate of drug-likeness (QED) is 0.591. The standard InChI is InChI=1S/C13H28N2OS/c1-4-5-8-15(10-11-16)9-6-7-13(2,3)12(14)17/h16H,4-11H2,1-3H3,(H2,14,17). The van der Waals surface area contributed by atoms with E-state index in [0.717, 1.165) is 32.5 Å². The largest absolute Gasteiger partial charge is 0.395 e. The van der Waals surface area contributed by atoms with Gasteiger partial charge in [0, 0.05) is 12.0 Å². The van der Waals surface area contributed by atoms with Gasteiger partial charge in [-0.2, -0.15) is 0 Å². The Morgan fingerprint density at radius 2 is 1.82 bits per heavy atom. The number of hydrogen-bond donors (Lipinski definition) is 2. The molecule has 0 heterocycles. The third kappa shape index (κ3) is 7.68. The number of aliphatic hydroxyl groups is 1. The van der Waals surface area contributed by atoms with Crippen molar-refractivity contribution in [3.05, 3.63) is 0 Å². The highest BCUT2D eigenvalue weighted by atomic mass is 32.1. The molecule has 0 bridgehead atoms. The fourth-order valence-corrected chi connectivity index (χ4v) is 1.83. The van der Waals surface area contributed by atoms with E-state index in [9.17, 15) is 0 Å². The molecule has 0 aliphatic heterocycles. The monoisotopic (exact) mass is 260 g/mol. The summed E-state index contributed by atoms with van der Waals surface area (Å²) in [6.07, 6.45) is 4.48. The summed E-state index contributed by atoms with van der Waals surface area (Å²) in [6, 6.07) is 0. The van der Waals surface area contributed by atoms with Crippen molar-refractivity contribution in [2.75, 3.05) is 26.2 Å². The first kappa shape index (κ1) is 16.8. The molecule has 0 spiro atoms. The highest BCUT2D eigenvalue weighted by molar-refractivity contribution is 7.80. The molecule has 3 N–H and O–H groups in total. The Bertz CT molecular complexity index is 219. The number of nitrogens with zero attached hydrogens (tertiary/aromatic N) is 1. The van der Waals surface area contributed by atoms with Crippen molar-refractivity contribution in [1.82, 2.24) is 4.90 Å². The Kier molecular flexibility index (Phi) is 8.74. The predicted octanol–water partition coefficient (Wildman–Crippen LogP) is 2.17. The molecule has 0 saturated heterocycles. The maximum atomic E-state index is 9.00. The van der Waals surface area contributed by atoms with Gasteiger partial charge in [-0.1, -0.05) is 39.4 Å². The Hall–Kier alpha value is -0.190. The van der Waals surface area contributed by atoms with Gasteiger partial charge in [-0.3, -0.25) is 0 Å². The summed E-state index contributed by atoms with van der Waals surface area (Å²) in [5.41, 5.74) is 5.65. The smallest absolute Gasteiger partial charge is 0.0784 e. The van der Waals surface area contributed by atoms with E-state index < -0.39 is 0 Å². The first-order valence-electron chi connectivity index (χ1n) is 6.57. The molecule has 17 heavy (non-hydrogen) atoms. The van der Waals surface area contributed by atoms with E-state index in [-0.39, 0.29) is 12.0 Å². The van der Waals surface area contributed by atoms with Crippen LogP contribution in [0.5, 0.6) is 0 Å². The van der Waals surface area contributed by atoms with Gasteiger partial charge in [0.2, 0.25) is 0 Å². The average Bonchev–Trinajstić information content (AvgIpc) is 2.25. The number of hydrogen-bond acceptors (Lipinski definition) is 3. The van der Waals surface area contributed by atoms with E-state index in [2.05, 4.69) is 25.7 Å². The van der Waals surface area contributed by atoms with Crippen LogP contribution in [0.2, 0.25) is 0 Å². The topological polar surface area (TPSA) is 49.5 Å². The molecule has 0 aliphatic carbocycles. The van der Waals surface area contributed by atoms with Gasteiger partial charge in [-0.15, -0.1) is 0 Å². The summed E-state index contributed by atoms with van der Waals surface area (Å²) in [7, 11) is 0. The lowest BCUT2D eigenvalue weighted by molar-refractivity contribution is 0.188. The molecule has 0 atom stereocenters. The summed E-state index contributed by atoms with van der Waals surface area (Å²) >= 11 is 5.06. The van der Waals surface area contributed by atoms with Crippen LogP contribution in [0.1, 0.15) is 46.5 Å². The van der Waals surface area contributed by atoms with Gasteiger partial charge in [0.25, 0.3) is 0 Å². The summed E-state index contributed by atoms with van der Waals surface area (Å²) in [4.78, 5) is 2.92. The molecule has 0 rings (SSSR count). The van der Waals surface area contributed by atoms with Crippen molar-refractivity contribution in [2.24, 2.45) is 11.1 Å². The van der Waals surface area contributed by atoms with E-state index in [1.807, 2.05) is 0 Å².